The third kappa shape index (κ3) is 7.53. The van der Waals surface area contributed by atoms with Crippen LogP contribution in [0.2, 0.25) is 0 Å². The first-order valence-corrected chi connectivity index (χ1v) is 12.8. The van der Waals surface area contributed by atoms with Crippen molar-refractivity contribution in [1.82, 2.24) is 4.31 Å². The molecule has 1 N–H and O–H groups in total. The van der Waals surface area contributed by atoms with Crippen molar-refractivity contribution in [3.8, 4) is 5.75 Å². The Bertz CT molecular complexity index is 1180. The smallest absolute Gasteiger partial charge is 0.331 e. The highest BCUT2D eigenvalue weighted by Crippen LogP contribution is 2.25. The van der Waals surface area contributed by atoms with Crippen molar-refractivity contribution in [1.29, 1.82) is 0 Å². The molecule has 1 heterocycles. The zero-order valence-corrected chi connectivity index (χ0v) is 20.6. The minimum Gasteiger partial charge on any atom is -0.490 e. The molecule has 1 aliphatic heterocycles. The number of rotatable bonds is 10. The zero-order valence-electron chi connectivity index (χ0n) is 19.7. The van der Waals surface area contributed by atoms with Crippen molar-refractivity contribution in [3.63, 3.8) is 0 Å². The molecule has 0 saturated carbocycles. The van der Waals surface area contributed by atoms with Crippen LogP contribution in [0.1, 0.15) is 30.4 Å². The zero-order chi connectivity index (χ0) is 25.3. The number of sulfonamides is 1. The van der Waals surface area contributed by atoms with Gasteiger partial charge in [0.15, 0.2) is 6.61 Å². The van der Waals surface area contributed by atoms with Crippen LogP contribution in [-0.4, -0.2) is 50.9 Å². The highest BCUT2D eigenvalue weighted by Gasteiger charge is 2.26. The van der Waals surface area contributed by atoms with E-state index in [9.17, 15) is 18.0 Å². The van der Waals surface area contributed by atoms with E-state index < -0.39 is 28.5 Å². The van der Waals surface area contributed by atoms with Crippen LogP contribution in [0.25, 0.3) is 6.08 Å². The van der Waals surface area contributed by atoms with Crippen molar-refractivity contribution in [3.05, 3.63) is 72.3 Å². The minimum absolute atomic E-state index is 0.126. The van der Waals surface area contributed by atoms with Gasteiger partial charge in [0, 0.05) is 24.9 Å². The first-order valence-electron chi connectivity index (χ1n) is 11.4. The third-order valence-corrected chi connectivity index (χ3v) is 7.34. The normalized spacial score (nSPS) is 14.4. The number of anilines is 1. The molecule has 1 fully saturated rings. The van der Waals surface area contributed by atoms with Gasteiger partial charge in [-0.15, -0.1) is 0 Å². The van der Waals surface area contributed by atoms with E-state index in [-0.39, 0.29) is 4.90 Å². The monoisotopic (exact) mass is 498 g/mol. The molecule has 1 aliphatic rings. The molecule has 2 aromatic rings. The van der Waals surface area contributed by atoms with Gasteiger partial charge in [0.05, 0.1) is 4.90 Å². The average molecular weight is 499 g/mol. The fourth-order valence-corrected chi connectivity index (χ4v) is 5.06. The lowest BCUT2D eigenvalue weighted by Gasteiger charge is -2.26. The molecule has 3 rings (SSSR count). The van der Waals surface area contributed by atoms with Crippen molar-refractivity contribution >= 4 is 33.7 Å². The van der Waals surface area contributed by atoms with E-state index in [1.807, 2.05) is 0 Å². The SMILES string of the molecule is C=CCOc1ccc(/C=C/C(=O)OCC(=O)Nc2cc(S(=O)(=O)N3CCCCC3)ccc2C)cc1. The predicted octanol–water partition coefficient (Wildman–Crippen LogP) is 3.93. The second-order valence-corrected chi connectivity index (χ2v) is 10.0. The molecule has 0 radical (unpaired) electrons. The maximum atomic E-state index is 12.9. The number of aryl methyl sites for hydroxylation is 1. The van der Waals surface area contributed by atoms with Crippen LogP contribution >= 0.6 is 0 Å². The summed E-state index contributed by atoms with van der Waals surface area (Å²) in [4.78, 5) is 24.5. The number of nitrogens with zero attached hydrogens (tertiary/aromatic N) is 1. The lowest BCUT2D eigenvalue weighted by molar-refractivity contribution is -0.142. The number of nitrogens with one attached hydrogen (secondary N) is 1. The van der Waals surface area contributed by atoms with Crippen molar-refractivity contribution in [2.45, 2.75) is 31.1 Å². The Morgan fingerprint density at radius 1 is 1.09 bits per heavy atom. The van der Waals surface area contributed by atoms with Crippen LogP contribution < -0.4 is 10.1 Å². The highest BCUT2D eigenvalue weighted by atomic mass is 32.2. The fourth-order valence-electron chi connectivity index (χ4n) is 3.52. The average Bonchev–Trinajstić information content (AvgIpc) is 2.87. The van der Waals surface area contributed by atoms with E-state index in [1.165, 1.54) is 22.5 Å². The molecule has 8 nitrogen and oxygen atoms in total. The van der Waals surface area contributed by atoms with E-state index in [0.29, 0.717) is 36.7 Å². The molecule has 186 valence electrons. The Morgan fingerprint density at radius 3 is 2.49 bits per heavy atom. The van der Waals surface area contributed by atoms with Crippen molar-refractivity contribution < 1.29 is 27.5 Å². The standard InChI is InChI=1S/C26H30N2O6S/c1-3-17-33-22-11-8-21(9-12-22)10-14-26(30)34-19-25(29)27-24-18-23(13-7-20(24)2)35(31,32)28-15-5-4-6-16-28/h3,7-14,18H,1,4-6,15-17,19H2,2H3,(H,27,29)/b14-10+. The van der Waals surface area contributed by atoms with Crippen LogP contribution in [0.5, 0.6) is 5.75 Å². The minimum atomic E-state index is -3.63. The number of hydrogen-bond donors (Lipinski definition) is 1. The summed E-state index contributed by atoms with van der Waals surface area (Å²) in [7, 11) is -3.63. The molecule has 1 saturated heterocycles. The summed E-state index contributed by atoms with van der Waals surface area (Å²) in [5.74, 6) is -0.555. The summed E-state index contributed by atoms with van der Waals surface area (Å²) in [5.41, 5.74) is 1.82. The lowest BCUT2D eigenvalue weighted by Crippen LogP contribution is -2.35. The number of benzene rings is 2. The molecular weight excluding hydrogens is 468 g/mol. The van der Waals surface area contributed by atoms with Gasteiger partial charge in [-0.3, -0.25) is 4.79 Å². The van der Waals surface area contributed by atoms with Crippen molar-refractivity contribution in [2.24, 2.45) is 0 Å². The first kappa shape index (κ1) is 26.2. The first-order chi connectivity index (χ1) is 16.8. The lowest BCUT2D eigenvalue weighted by atomic mass is 10.2. The molecule has 0 aromatic heterocycles. The van der Waals surface area contributed by atoms with Crippen LogP contribution in [0.3, 0.4) is 0 Å². The van der Waals surface area contributed by atoms with Gasteiger partial charge in [0.25, 0.3) is 5.91 Å². The maximum absolute atomic E-state index is 12.9. The Morgan fingerprint density at radius 2 is 1.80 bits per heavy atom. The van der Waals surface area contributed by atoms with E-state index in [4.69, 9.17) is 9.47 Å². The summed E-state index contributed by atoms with van der Waals surface area (Å²) in [6, 6.07) is 11.7. The predicted molar refractivity (Wildman–Crippen MR) is 135 cm³/mol. The van der Waals surface area contributed by atoms with Crippen LogP contribution in [0.15, 0.2) is 66.1 Å². The number of amides is 1. The van der Waals surface area contributed by atoms with E-state index in [1.54, 1.807) is 49.4 Å². The Kier molecular flexibility index (Phi) is 9.22. The molecule has 0 spiro atoms. The molecule has 0 unspecified atom stereocenters. The number of hydrogen-bond acceptors (Lipinski definition) is 6. The van der Waals surface area contributed by atoms with E-state index >= 15 is 0 Å². The van der Waals surface area contributed by atoms with Gasteiger partial charge in [0.2, 0.25) is 10.0 Å². The molecule has 0 aliphatic carbocycles. The van der Waals surface area contributed by atoms with Gasteiger partial charge in [-0.05, 0) is 61.2 Å². The second kappa shape index (κ2) is 12.3. The summed E-state index contributed by atoms with van der Waals surface area (Å²) in [6.45, 7) is 6.24. The molecule has 35 heavy (non-hydrogen) atoms. The van der Waals surface area contributed by atoms with E-state index in [0.717, 1.165) is 24.8 Å². The van der Waals surface area contributed by atoms with Gasteiger partial charge in [0.1, 0.15) is 12.4 Å². The molecule has 1 amide bonds. The fraction of sp³-hybridized carbons (Fsp3) is 0.308. The third-order valence-electron chi connectivity index (χ3n) is 5.44. The van der Waals surface area contributed by atoms with Crippen LogP contribution in [0.4, 0.5) is 5.69 Å². The van der Waals surface area contributed by atoms with Crippen molar-refractivity contribution in [2.75, 3.05) is 31.6 Å². The molecule has 9 heteroatoms. The largest absolute Gasteiger partial charge is 0.490 e. The Balaban J connectivity index is 1.54. The number of carbonyl (C=O) groups is 2. The summed E-state index contributed by atoms with van der Waals surface area (Å²) < 4.78 is 37.7. The molecule has 0 bridgehead atoms. The number of ether oxygens (including phenoxy) is 2. The van der Waals surface area contributed by atoms with E-state index in [2.05, 4.69) is 11.9 Å². The van der Waals surface area contributed by atoms with Gasteiger partial charge < -0.3 is 14.8 Å². The summed E-state index contributed by atoms with van der Waals surface area (Å²) in [5, 5.41) is 2.63. The second-order valence-electron chi connectivity index (χ2n) is 8.10. The topological polar surface area (TPSA) is 102 Å². The van der Waals surface area contributed by atoms with Crippen LogP contribution in [-0.2, 0) is 24.3 Å². The highest BCUT2D eigenvalue weighted by molar-refractivity contribution is 7.89. The van der Waals surface area contributed by atoms with Gasteiger partial charge >= 0.3 is 5.97 Å². The molecule has 2 aromatic carbocycles. The number of esters is 1. The number of piperidine rings is 1. The van der Waals surface area contributed by atoms with Crippen LogP contribution in [0, 0.1) is 6.92 Å². The summed E-state index contributed by atoms with van der Waals surface area (Å²) >= 11 is 0. The van der Waals surface area contributed by atoms with Gasteiger partial charge in [-0.25, -0.2) is 13.2 Å². The molecular formula is C26H30N2O6S. The summed E-state index contributed by atoms with van der Waals surface area (Å²) in [6.07, 6.45) is 7.14. The molecule has 0 atom stereocenters. The van der Waals surface area contributed by atoms with Gasteiger partial charge in [-0.1, -0.05) is 37.3 Å². The Labute approximate surface area is 206 Å². The van der Waals surface area contributed by atoms with Gasteiger partial charge in [-0.2, -0.15) is 4.31 Å². The maximum Gasteiger partial charge on any atom is 0.331 e. The number of carbonyl (C=O) groups excluding carboxylic acids is 2. The Hall–Kier alpha value is -3.43. The quantitative estimate of drug-likeness (QED) is 0.303.